The Balaban J connectivity index is 1.76. The van der Waals surface area contributed by atoms with E-state index in [2.05, 4.69) is 9.97 Å². The second kappa shape index (κ2) is 7.50. The van der Waals surface area contributed by atoms with Crippen molar-refractivity contribution in [1.29, 1.82) is 0 Å². The van der Waals surface area contributed by atoms with Gasteiger partial charge in [-0.2, -0.15) is 21.6 Å². The van der Waals surface area contributed by atoms with E-state index in [1.807, 2.05) is 0 Å². The van der Waals surface area contributed by atoms with Crippen molar-refractivity contribution in [2.24, 2.45) is 0 Å². The summed E-state index contributed by atoms with van der Waals surface area (Å²) in [5, 5.41) is -0.459. The summed E-state index contributed by atoms with van der Waals surface area (Å²) in [5.74, 6) is 0.274. The van der Waals surface area contributed by atoms with Gasteiger partial charge in [-0.1, -0.05) is 30.3 Å². The average molecular weight is 439 g/mol. The van der Waals surface area contributed by atoms with E-state index in [9.17, 15) is 25.5 Å². The van der Waals surface area contributed by atoms with Gasteiger partial charge in [-0.3, -0.25) is 0 Å². The number of halogens is 4. The SMILES string of the molecule is O=S(=O)(F)C1CCN(c2nc(-c3cccc(C(F)(F)F)c3)c3ccccc3n2)CC1. The number of piperidine rings is 1. The van der Waals surface area contributed by atoms with Crippen LogP contribution >= 0.6 is 0 Å². The van der Waals surface area contributed by atoms with Crippen LogP contribution in [0, 0.1) is 0 Å². The molecule has 0 saturated carbocycles. The summed E-state index contributed by atoms with van der Waals surface area (Å²) in [7, 11) is -4.61. The molecule has 0 amide bonds. The van der Waals surface area contributed by atoms with E-state index in [-0.39, 0.29) is 31.9 Å². The van der Waals surface area contributed by atoms with Crippen LogP contribution in [0.25, 0.3) is 22.2 Å². The van der Waals surface area contributed by atoms with Crippen LogP contribution in [0.15, 0.2) is 48.5 Å². The zero-order valence-corrected chi connectivity index (χ0v) is 16.4. The molecule has 0 atom stereocenters. The van der Waals surface area contributed by atoms with E-state index in [1.165, 1.54) is 6.07 Å². The number of benzene rings is 2. The van der Waals surface area contributed by atoms with Gasteiger partial charge < -0.3 is 4.90 Å². The number of hydrogen-bond acceptors (Lipinski definition) is 5. The van der Waals surface area contributed by atoms with Gasteiger partial charge in [-0.25, -0.2) is 9.97 Å². The maximum Gasteiger partial charge on any atom is 0.416 e. The number of fused-ring (bicyclic) bond motifs is 1. The Labute approximate surface area is 170 Å². The lowest BCUT2D eigenvalue weighted by Crippen LogP contribution is -2.39. The molecule has 0 aliphatic carbocycles. The molecular formula is C20H17F4N3O2S. The Morgan fingerprint density at radius 3 is 2.33 bits per heavy atom. The second-order valence-electron chi connectivity index (χ2n) is 7.13. The minimum atomic E-state index is -4.61. The molecule has 0 bridgehead atoms. The molecule has 0 unspecified atom stereocenters. The van der Waals surface area contributed by atoms with E-state index in [4.69, 9.17) is 0 Å². The van der Waals surface area contributed by atoms with Crippen LogP contribution in [0.3, 0.4) is 0 Å². The molecule has 5 nitrogen and oxygen atoms in total. The molecule has 10 heteroatoms. The summed E-state index contributed by atoms with van der Waals surface area (Å²) in [6.07, 6.45) is -4.30. The van der Waals surface area contributed by atoms with Crippen LogP contribution < -0.4 is 4.90 Å². The second-order valence-corrected chi connectivity index (χ2v) is 8.75. The molecule has 1 saturated heterocycles. The van der Waals surface area contributed by atoms with Gasteiger partial charge in [0.25, 0.3) is 0 Å². The van der Waals surface area contributed by atoms with E-state index >= 15 is 0 Å². The molecule has 3 aromatic rings. The first kappa shape index (κ1) is 20.5. The number of anilines is 1. The first-order valence-electron chi connectivity index (χ1n) is 9.26. The highest BCUT2D eigenvalue weighted by molar-refractivity contribution is 7.87. The number of alkyl halides is 3. The molecule has 4 rings (SSSR count). The molecule has 0 spiro atoms. The zero-order valence-electron chi connectivity index (χ0n) is 15.6. The minimum absolute atomic E-state index is 0.0912. The summed E-state index contributed by atoms with van der Waals surface area (Å²) in [5.41, 5.74) is 0.418. The lowest BCUT2D eigenvalue weighted by Gasteiger charge is -2.30. The maximum absolute atomic E-state index is 13.3. The average Bonchev–Trinajstić information content (AvgIpc) is 2.72. The molecule has 30 heavy (non-hydrogen) atoms. The first-order valence-corrected chi connectivity index (χ1v) is 10.7. The number of rotatable bonds is 3. The first-order chi connectivity index (χ1) is 14.1. The largest absolute Gasteiger partial charge is 0.416 e. The molecule has 1 aromatic heterocycles. The van der Waals surface area contributed by atoms with Crippen molar-refractivity contribution in [3.05, 3.63) is 54.1 Å². The molecule has 2 aromatic carbocycles. The van der Waals surface area contributed by atoms with Crippen molar-refractivity contribution in [2.75, 3.05) is 18.0 Å². The van der Waals surface area contributed by atoms with Crippen molar-refractivity contribution >= 4 is 27.1 Å². The molecule has 2 heterocycles. The predicted octanol–water partition coefficient (Wildman–Crippen LogP) is 4.58. The van der Waals surface area contributed by atoms with Crippen molar-refractivity contribution in [2.45, 2.75) is 24.3 Å². The minimum Gasteiger partial charge on any atom is -0.341 e. The van der Waals surface area contributed by atoms with Gasteiger partial charge >= 0.3 is 16.4 Å². The van der Waals surface area contributed by atoms with Gasteiger partial charge in [0.05, 0.1) is 22.0 Å². The smallest absolute Gasteiger partial charge is 0.341 e. The third-order valence-electron chi connectivity index (χ3n) is 5.18. The standard InChI is InChI=1S/C20H17F4N3O2S/c21-20(22,23)14-5-3-4-13(12-14)18-16-6-1-2-7-17(16)25-19(26-18)27-10-8-15(9-11-27)30(24,28)29/h1-7,12,15H,8-11H2. The molecule has 158 valence electrons. The number of aromatic nitrogens is 2. The zero-order chi connectivity index (χ0) is 21.5. The van der Waals surface area contributed by atoms with Gasteiger partial charge in [0.15, 0.2) is 0 Å². The summed E-state index contributed by atoms with van der Waals surface area (Å²) in [6, 6.07) is 11.9. The van der Waals surface area contributed by atoms with Crippen molar-refractivity contribution < 1.29 is 25.5 Å². The fraction of sp³-hybridized carbons (Fsp3) is 0.300. The van der Waals surface area contributed by atoms with Crippen LogP contribution in [0.4, 0.5) is 23.0 Å². The van der Waals surface area contributed by atoms with Gasteiger partial charge in [0.2, 0.25) is 5.95 Å². The van der Waals surface area contributed by atoms with Crippen molar-refractivity contribution in [1.82, 2.24) is 9.97 Å². The summed E-state index contributed by atoms with van der Waals surface area (Å²) >= 11 is 0. The Morgan fingerprint density at radius 2 is 1.67 bits per heavy atom. The number of nitrogens with zero attached hydrogens (tertiary/aromatic N) is 3. The number of para-hydroxylation sites is 1. The molecule has 0 radical (unpaired) electrons. The number of hydrogen-bond donors (Lipinski definition) is 0. The normalized spacial score (nSPS) is 16.2. The molecule has 1 aliphatic rings. The van der Waals surface area contributed by atoms with Crippen LogP contribution in [-0.2, 0) is 16.4 Å². The van der Waals surface area contributed by atoms with Crippen LogP contribution in [0.1, 0.15) is 18.4 Å². The van der Waals surface area contributed by atoms with Gasteiger partial charge in [-0.05, 0) is 31.0 Å². The predicted molar refractivity (Wildman–Crippen MR) is 105 cm³/mol. The maximum atomic E-state index is 13.3. The van der Waals surface area contributed by atoms with Gasteiger partial charge in [0, 0.05) is 24.0 Å². The summed E-state index contributed by atoms with van der Waals surface area (Å²) in [6.45, 7) is 0.461. The van der Waals surface area contributed by atoms with Crippen LogP contribution in [0.2, 0.25) is 0 Å². The highest BCUT2D eigenvalue weighted by atomic mass is 32.3. The molecular weight excluding hydrogens is 422 g/mol. The summed E-state index contributed by atoms with van der Waals surface area (Å²) in [4.78, 5) is 10.7. The third kappa shape index (κ3) is 4.09. The summed E-state index contributed by atoms with van der Waals surface area (Å²) < 4.78 is 75.1. The van der Waals surface area contributed by atoms with Crippen LogP contribution in [0.5, 0.6) is 0 Å². The highest BCUT2D eigenvalue weighted by Crippen LogP contribution is 2.34. The third-order valence-corrected chi connectivity index (χ3v) is 6.45. The van der Waals surface area contributed by atoms with Crippen LogP contribution in [-0.4, -0.2) is 36.7 Å². The van der Waals surface area contributed by atoms with Gasteiger partial charge in [-0.15, -0.1) is 3.89 Å². The Kier molecular flexibility index (Phi) is 5.13. The fourth-order valence-electron chi connectivity index (χ4n) is 3.61. The Bertz CT molecular complexity index is 1190. The molecule has 1 fully saturated rings. The monoisotopic (exact) mass is 439 g/mol. The van der Waals surface area contributed by atoms with E-state index in [1.54, 1.807) is 35.2 Å². The topological polar surface area (TPSA) is 63.2 Å². The molecule has 0 N–H and O–H groups in total. The quantitative estimate of drug-likeness (QED) is 0.442. The highest BCUT2D eigenvalue weighted by Gasteiger charge is 2.32. The fourth-order valence-corrected chi connectivity index (χ4v) is 4.38. The van der Waals surface area contributed by atoms with E-state index in [0.29, 0.717) is 22.2 Å². The Morgan fingerprint density at radius 1 is 0.967 bits per heavy atom. The van der Waals surface area contributed by atoms with Crippen molar-refractivity contribution in [3.8, 4) is 11.3 Å². The molecule has 1 aliphatic heterocycles. The van der Waals surface area contributed by atoms with Crippen molar-refractivity contribution in [3.63, 3.8) is 0 Å². The van der Waals surface area contributed by atoms with Gasteiger partial charge in [0.1, 0.15) is 0 Å². The lowest BCUT2D eigenvalue weighted by molar-refractivity contribution is -0.137. The Hall–Kier alpha value is -2.75. The van der Waals surface area contributed by atoms with E-state index in [0.717, 1.165) is 12.1 Å². The van der Waals surface area contributed by atoms with E-state index < -0.39 is 27.2 Å². The lowest BCUT2D eigenvalue weighted by atomic mass is 10.0.